The lowest BCUT2D eigenvalue weighted by molar-refractivity contribution is 0.308. The summed E-state index contributed by atoms with van der Waals surface area (Å²) in [6.45, 7) is 4.34. The van der Waals surface area contributed by atoms with Gasteiger partial charge < -0.3 is 20.4 Å². The highest BCUT2D eigenvalue weighted by molar-refractivity contribution is 7.13. The summed E-state index contributed by atoms with van der Waals surface area (Å²) in [6, 6.07) is 4.52. The van der Waals surface area contributed by atoms with Gasteiger partial charge in [-0.2, -0.15) is 0 Å². The predicted octanol–water partition coefficient (Wildman–Crippen LogP) is 1.94. The largest absolute Gasteiger partial charge is 0.370 e. The highest BCUT2D eigenvalue weighted by Crippen LogP contribution is 2.23. The predicted molar refractivity (Wildman–Crippen MR) is 103 cm³/mol. The zero-order valence-corrected chi connectivity index (χ0v) is 15.8. The van der Waals surface area contributed by atoms with Gasteiger partial charge in [0, 0.05) is 42.6 Å². The van der Waals surface area contributed by atoms with Crippen molar-refractivity contribution in [1.29, 1.82) is 0 Å². The molecule has 2 N–H and O–H groups in total. The van der Waals surface area contributed by atoms with Crippen LogP contribution in [0.2, 0.25) is 0 Å². The summed E-state index contributed by atoms with van der Waals surface area (Å²) < 4.78 is 0. The molecule has 1 aliphatic heterocycles. The molecule has 2 aromatic rings. The van der Waals surface area contributed by atoms with Crippen molar-refractivity contribution in [2.45, 2.75) is 6.04 Å². The number of hydrogen-bond donors (Lipinski definition) is 1. The Bertz CT molecular complexity index is 630. The lowest BCUT2D eigenvalue weighted by Crippen LogP contribution is -2.51. The van der Waals surface area contributed by atoms with Gasteiger partial charge in [-0.25, -0.2) is 4.98 Å². The quantitative estimate of drug-likeness (QED) is 0.649. The first-order valence-corrected chi connectivity index (χ1v) is 9.80. The van der Waals surface area contributed by atoms with E-state index in [0.717, 1.165) is 31.3 Å². The van der Waals surface area contributed by atoms with E-state index in [2.05, 4.69) is 56.3 Å². The molecule has 130 valence electrons. The second-order valence-electron chi connectivity index (χ2n) is 5.98. The SMILES string of the molecule is CN(C)C(CN=C(N)N1CCN(c2nccs2)CC1)c1cccs1. The van der Waals surface area contributed by atoms with E-state index in [-0.39, 0.29) is 6.04 Å². The molecular formula is C16H24N6S2. The maximum absolute atomic E-state index is 6.24. The second-order valence-corrected chi connectivity index (χ2v) is 7.83. The van der Waals surface area contributed by atoms with Crippen molar-refractivity contribution < 1.29 is 0 Å². The van der Waals surface area contributed by atoms with Crippen LogP contribution in [0.5, 0.6) is 0 Å². The zero-order valence-electron chi connectivity index (χ0n) is 14.1. The molecule has 6 nitrogen and oxygen atoms in total. The number of likely N-dealkylation sites (N-methyl/N-ethyl adjacent to an activating group) is 1. The van der Waals surface area contributed by atoms with Gasteiger partial charge in [0.15, 0.2) is 11.1 Å². The van der Waals surface area contributed by atoms with Gasteiger partial charge >= 0.3 is 0 Å². The Hall–Kier alpha value is -1.64. The molecule has 3 rings (SSSR count). The molecule has 0 radical (unpaired) electrons. The average molecular weight is 365 g/mol. The molecule has 3 heterocycles. The highest BCUT2D eigenvalue weighted by Gasteiger charge is 2.21. The van der Waals surface area contributed by atoms with Gasteiger partial charge in [0.05, 0.1) is 12.6 Å². The van der Waals surface area contributed by atoms with Crippen molar-refractivity contribution >= 4 is 33.8 Å². The molecular weight excluding hydrogens is 340 g/mol. The molecule has 1 atom stereocenters. The fraction of sp³-hybridized carbons (Fsp3) is 0.500. The molecule has 1 saturated heterocycles. The summed E-state index contributed by atoms with van der Waals surface area (Å²) in [7, 11) is 4.17. The monoisotopic (exact) mass is 364 g/mol. The molecule has 1 aliphatic rings. The molecule has 0 spiro atoms. The molecule has 0 saturated carbocycles. The summed E-state index contributed by atoms with van der Waals surface area (Å²) >= 11 is 3.45. The fourth-order valence-electron chi connectivity index (χ4n) is 2.77. The molecule has 8 heteroatoms. The molecule has 0 aromatic carbocycles. The minimum absolute atomic E-state index is 0.278. The number of rotatable bonds is 5. The fourth-order valence-corrected chi connectivity index (χ4v) is 4.38. The van der Waals surface area contributed by atoms with E-state index in [0.29, 0.717) is 12.5 Å². The van der Waals surface area contributed by atoms with Gasteiger partial charge in [-0.1, -0.05) is 6.07 Å². The highest BCUT2D eigenvalue weighted by atomic mass is 32.1. The van der Waals surface area contributed by atoms with Gasteiger partial charge in [-0.05, 0) is 25.5 Å². The number of anilines is 1. The lowest BCUT2D eigenvalue weighted by Gasteiger charge is -2.35. The van der Waals surface area contributed by atoms with Crippen molar-refractivity contribution in [3.63, 3.8) is 0 Å². The minimum Gasteiger partial charge on any atom is -0.370 e. The number of thiazole rings is 1. The Morgan fingerprint density at radius 1 is 1.29 bits per heavy atom. The summed E-state index contributed by atoms with van der Waals surface area (Å²) in [4.78, 5) is 17.0. The van der Waals surface area contributed by atoms with Gasteiger partial charge in [0.25, 0.3) is 0 Å². The van der Waals surface area contributed by atoms with E-state index in [9.17, 15) is 0 Å². The number of aliphatic imine (C=N–C) groups is 1. The lowest BCUT2D eigenvalue weighted by atomic mass is 10.2. The van der Waals surface area contributed by atoms with Crippen LogP contribution in [-0.4, -0.2) is 67.6 Å². The molecule has 2 aromatic heterocycles. The van der Waals surface area contributed by atoms with Crippen LogP contribution in [0.4, 0.5) is 5.13 Å². The number of piperazine rings is 1. The summed E-state index contributed by atoms with van der Waals surface area (Å²) in [5.41, 5.74) is 6.24. The summed E-state index contributed by atoms with van der Waals surface area (Å²) in [5.74, 6) is 0.650. The average Bonchev–Trinajstić information content (AvgIpc) is 3.28. The first-order chi connectivity index (χ1) is 11.6. The van der Waals surface area contributed by atoms with Crippen molar-refractivity contribution in [1.82, 2.24) is 14.8 Å². The topological polar surface area (TPSA) is 61.0 Å². The smallest absolute Gasteiger partial charge is 0.191 e. The van der Waals surface area contributed by atoms with Crippen molar-refractivity contribution in [2.75, 3.05) is 51.7 Å². The Balaban J connectivity index is 1.56. The Morgan fingerprint density at radius 3 is 2.67 bits per heavy atom. The summed E-state index contributed by atoms with van der Waals surface area (Å²) in [5, 5.41) is 5.22. The first kappa shape index (κ1) is 17.2. The number of nitrogens with zero attached hydrogens (tertiary/aromatic N) is 5. The molecule has 24 heavy (non-hydrogen) atoms. The Labute approximate surface area is 151 Å². The van der Waals surface area contributed by atoms with Gasteiger partial charge in [-0.3, -0.25) is 4.99 Å². The van der Waals surface area contributed by atoms with Crippen LogP contribution < -0.4 is 10.6 Å². The molecule has 0 amide bonds. The normalized spacial score (nSPS) is 17.5. The number of aromatic nitrogens is 1. The molecule has 1 fully saturated rings. The minimum atomic E-state index is 0.278. The second kappa shape index (κ2) is 7.96. The third-order valence-electron chi connectivity index (χ3n) is 4.21. The van der Waals surface area contributed by atoms with Crippen LogP contribution in [0.1, 0.15) is 10.9 Å². The number of guanidine groups is 1. The van der Waals surface area contributed by atoms with Crippen molar-refractivity contribution in [3.8, 4) is 0 Å². The molecule has 1 unspecified atom stereocenters. The van der Waals surface area contributed by atoms with E-state index in [4.69, 9.17) is 5.73 Å². The molecule has 0 aliphatic carbocycles. The third-order valence-corrected chi connectivity index (χ3v) is 6.02. The van der Waals surface area contributed by atoms with E-state index in [1.165, 1.54) is 4.88 Å². The number of nitrogens with two attached hydrogens (primary N) is 1. The van der Waals surface area contributed by atoms with Crippen LogP contribution >= 0.6 is 22.7 Å². The maximum Gasteiger partial charge on any atom is 0.191 e. The standard InChI is InChI=1S/C16H24N6S2/c1-20(2)13(14-4-3-10-23-14)12-19-15(17)21-6-8-22(9-7-21)16-18-5-11-24-16/h3-5,10-11,13H,6-9,12H2,1-2H3,(H2,17,19). The van der Waals surface area contributed by atoms with Gasteiger partial charge in [0.1, 0.15) is 0 Å². The van der Waals surface area contributed by atoms with E-state index in [1.54, 1.807) is 22.7 Å². The Morgan fingerprint density at radius 2 is 2.08 bits per heavy atom. The summed E-state index contributed by atoms with van der Waals surface area (Å²) in [6.07, 6.45) is 1.86. The van der Waals surface area contributed by atoms with E-state index >= 15 is 0 Å². The van der Waals surface area contributed by atoms with Crippen LogP contribution in [0, 0.1) is 0 Å². The van der Waals surface area contributed by atoms with Crippen LogP contribution in [0.15, 0.2) is 34.1 Å². The van der Waals surface area contributed by atoms with Gasteiger partial charge in [0.2, 0.25) is 0 Å². The molecule has 0 bridgehead atoms. The van der Waals surface area contributed by atoms with E-state index < -0.39 is 0 Å². The number of hydrogen-bond acceptors (Lipinski definition) is 6. The van der Waals surface area contributed by atoms with E-state index in [1.807, 2.05) is 11.6 Å². The first-order valence-electron chi connectivity index (χ1n) is 8.04. The van der Waals surface area contributed by atoms with Crippen molar-refractivity contribution in [3.05, 3.63) is 34.0 Å². The van der Waals surface area contributed by atoms with Crippen LogP contribution in [0.25, 0.3) is 0 Å². The Kier molecular flexibility index (Phi) is 5.70. The van der Waals surface area contributed by atoms with Gasteiger partial charge in [-0.15, -0.1) is 22.7 Å². The van der Waals surface area contributed by atoms with Crippen LogP contribution in [-0.2, 0) is 0 Å². The zero-order chi connectivity index (χ0) is 16.9. The third kappa shape index (κ3) is 4.06. The van der Waals surface area contributed by atoms with Crippen molar-refractivity contribution in [2.24, 2.45) is 10.7 Å². The van der Waals surface area contributed by atoms with Crippen LogP contribution in [0.3, 0.4) is 0 Å². The number of thiophene rings is 1. The maximum atomic E-state index is 6.24.